The van der Waals surface area contributed by atoms with Crippen molar-refractivity contribution in [2.45, 2.75) is 0 Å². The van der Waals surface area contributed by atoms with E-state index in [1.165, 1.54) is 18.2 Å². The van der Waals surface area contributed by atoms with E-state index in [-0.39, 0.29) is 26.7 Å². The van der Waals surface area contributed by atoms with Gasteiger partial charge in [-0.3, -0.25) is 19.7 Å². The van der Waals surface area contributed by atoms with E-state index in [4.69, 9.17) is 11.5 Å². The van der Waals surface area contributed by atoms with Gasteiger partial charge in [-0.05, 0) is 28.1 Å². The number of nitro benzene ring substituents is 1. The summed E-state index contributed by atoms with van der Waals surface area (Å²) in [7, 11) is 0. The molecule has 0 saturated carbocycles. The van der Waals surface area contributed by atoms with Gasteiger partial charge in [-0.25, -0.2) is 4.39 Å². The molecule has 0 saturated heterocycles. The van der Waals surface area contributed by atoms with Crippen LogP contribution in [0.15, 0.2) is 34.8 Å². The summed E-state index contributed by atoms with van der Waals surface area (Å²) < 4.78 is 14.4. The van der Waals surface area contributed by atoms with E-state index in [1.54, 1.807) is 0 Å². The van der Waals surface area contributed by atoms with E-state index >= 15 is 0 Å². The minimum Gasteiger partial charge on any atom is -0.366 e. The second-order valence-corrected chi connectivity index (χ2v) is 5.35. The molecule has 118 valence electrons. The summed E-state index contributed by atoms with van der Waals surface area (Å²) in [6.07, 6.45) is 0. The molecular weight excluding hydrogens is 373 g/mol. The topological polar surface area (TPSA) is 129 Å². The van der Waals surface area contributed by atoms with Crippen molar-refractivity contribution >= 4 is 33.4 Å². The summed E-state index contributed by atoms with van der Waals surface area (Å²) in [5.41, 5.74) is 9.45. The quantitative estimate of drug-likeness (QED) is 0.621. The Bertz CT molecular complexity index is 799. The van der Waals surface area contributed by atoms with E-state index in [1.807, 2.05) is 0 Å². The molecule has 2 rings (SSSR count). The predicted molar refractivity (Wildman–Crippen MR) is 83.2 cm³/mol. The number of amides is 2. The molecule has 9 heteroatoms. The largest absolute Gasteiger partial charge is 0.366 e. The van der Waals surface area contributed by atoms with Crippen molar-refractivity contribution in [3.63, 3.8) is 0 Å². The number of carbonyl (C=O) groups excluding carboxylic acids is 2. The van der Waals surface area contributed by atoms with E-state index in [2.05, 4.69) is 15.9 Å². The number of carbonyl (C=O) groups is 2. The number of nitro groups is 1. The third-order valence-electron chi connectivity index (χ3n) is 3.08. The third-order valence-corrected chi connectivity index (χ3v) is 3.71. The van der Waals surface area contributed by atoms with Crippen LogP contribution >= 0.6 is 15.9 Å². The molecule has 0 aliphatic heterocycles. The fourth-order valence-electron chi connectivity index (χ4n) is 2.14. The molecule has 0 heterocycles. The number of halogens is 2. The number of non-ortho nitro benzene ring substituents is 1. The van der Waals surface area contributed by atoms with Crippen LogP contribution in [-0.2, 0) is 0 Å². The van der Waals surface area contributed by atoms with Crippen molar-refractivity contribution in [3.8, 4) is 11.1 Å². The fourth-order valence-corrected chi connectivity index (χ4v) is 2.76. The first kappa shape index (κ1) is 16.6. The van der Waals surface area contributed by atoms with Gasteiger partial charge in [0, 0.05) is 32.8 Å². The molecule has 2 amide bonds. The summed E-state index contributed by atoms with van der Waals surface area (Å²) in [5.74, 6) is -2.79. The Morgan fingerprint density at radius 2 is 1.61 bits per heavy atom. The summed E-state index contributed by atoms with van der Waals surface area (Å²) in [5, 5.41) is 10.8. The maximum atomic E-state index is 14.4. The molecule has 0 fully saturated rings. The molecule has 0 aromatic heterocycles. The SMILES string of the molecule is NC(=O)c1cccc(C(N)=O)c1-c1c(F)cc([N+](=O)[O-])cc1Br. The number of hydrogen-bond donors (Lipinski definition) is 2. The molecule has 0 atom stereocenters. The van der Waals surface area contributed by atoms with Gasteiger partial charge in [-0.1, -0.05) is 6.07 Å². The monoisotopic (exact) mass is 381 g/mol. The zero-order chi connectivity index (χ0) is 17.3. The van der Waals surface area contributed by atoms with Crippen LogP contribution in [0.5, 0.6) is 0 Å². The summed E-state index contributed by atoms with van der Waals surface area (Å²) in [6.45, 7) is 0. The normalized spacial score (nSPS) is 10.3. The maximum absolute atomic E-state index is 14.4. The second-order valence-electron chi connectivity index (χ2n) is 4.50. The smallest absolute Gasteiger partial charge is 0.273 e. The van der Waals surface area contributed by atoms with Gasteiger partial charge in [-0.15, -0.1) is 0 Å². The molecule has 0 aliphatic rings. The number of nitrogens with two attached hydrogens (primary N) is 2. The van der Waals surface area contributed by atoms with Crippen molar-refractivity contribution < 1.29 is 18.9 Å². The van der Waals surface area contributed by atoms with Crippen molar-refractivity contribution in [2.75, 3.05) is 0 Å². The fraction of sp³-hybridized carbons (Fsp3) is 0. The van der Waals surface area contributed by atoms with Gasteiger partial charge in [-0.2, -0.15) is 0 Å². The number of primary amides is 2. The first-order chi connectivity index (χ1) is 10.7. The molecule has 23 heavy (non-hydrogen) atoms. The number of rotatable bonds is 4. The number of benzene rings is 2. The Morgan fingerprint density at radius 3 is 2.00 bits per heavy atom. The molecule has 2 aromatic carbocycles. The average Bonchev–Trinajstić information content (AvgIpc) is 2.45. The van der Waals surface area contributed by atoms with Gasteiger partial charge in [0.25, 0.3) is 5.69 Å². The number of hydrogen-bond acceptors (Lipinski definition) is 4. The van der Waals surface area contributed by atoms with E-state index in [9.17, 15) is 24.1 Å². The molecular formula is C14H9BrFN3O4. The van der Waals surface area contributed by atoms with Gasteiger partial charge < -0.3 is 11.5 Å². The highest BCUT2D eigenvalue weighted by molar-refractivity contribution is 9.10. The van der Waals surface area contributed by atoms with Crippen LogP contribution in [0.3, 0.4) is 0 Å². The van der Waals surface area contributed by atoms with Gasteiger partial charge in [0.2, 0.25) is 11.8 Å². The zero-order valence-corrected chi connectivity index (χ0v) is 13.0. The summed E-state index contributed by atoms with van der Waals surface area (Å²) >= 11 is 3.02. The molecule has 2 aromatic rings. The first-order valence-corrected chi connectivity index (χ1v) is 6.89. The van der Waals surface area contributed by atoms with Crippen molar-refractivity contribution in [1.82, 2.24) is 0 Å². The molecule has 4 N–H and O–H groups in total. The lowest BCUT2D eigenvalue weighted by atomic mass is 9.93. The van der Waals surface area contributed by atoms with Crippen LogP contribution in [0, 0.1) is 15.9 Å². The van der Waals surface area contributed by atoms with Crippen LogP contribution in [0.4, 0.5) is 10.1 Å². The highest BCUT2D eigenvalue weighted by Gasteiger charge is 2.24. The van der Waals surface area contributed by atoms with Gasteiger partial charge in [0.15, 0.2) is 0 Å². The summed E-state index contributed by atoms with van der Waals surface area (Å²) in [4.78, 5) is 33.2. The van der Waals surface area contributed by atoms with Crippen molar-refractivity contribution in [2.24, 2.45) is 11.5 Å². The zero-order valence-electron chi connectivity index (χ0n) is 11.4. The lowest BCUT2D eigenvalue weighted by Gasteiger charge is -2.13. The van der Waals surface area contributed by atoms with Crippen molar-refractivity contribution in [3.05, 3.63) is 61.9 Å². The van der Waals surface area contributed by atoms with E-state index in [0.29, 0.717) is 6.07 Å². The average molecular weight is 382 g/mol. The predicted octanol–water partition coefficient (Wildman–Crippen LogP) is 2.36. The Morgan fingerprint density at radius 1 is 1.09 bits per heavy atom. The Balaban J connectivity index is 2.89. The van der Waals surface area contributed by atoms with Gasteiger partial charge >= 0.3 is 0 Å². The maximum Gasteiger partial charge on any atom is 0.273 e. The van der Waals surface area contributed by atoms with Crippen LogP contribution in [-0.4, -0.2) is 16.7 Å². The van der Waals surface area contributed by atoms with Crippen molar-refractivity contribution in [1.29, 1.82) is 0 Å². The lowest BCUT2D eigenvalue weighted by Crippen LogP contribution is -2.18. The van der Waals surface area contributed by atoms with E-state index in [0.717, 1.165) is 6.07 Å². The first-order valence-electron chi connectivity index (χ1n) is 6.10. The molecule has 0 spiro atoms. The van der Waals surface area contributed by atoms with Gasteiger partial charge in [0.1, 0.15) is 5.82 Å². The Hall–Kier alpha value is -2.81. The minimum atomic E-state index is -0.998. The molecule has 0 bridgehead atoms. The Labute approximate surface area is 137 Å². The van der Waals surface area contributed by atoms with Crippen LogP contribution < -0.4 is 11.5 Å². The van der Waals surface area contributed by atoms with Crippen LogP contribution in [0.2, 0.25) is 0 Å². The third kappa shape index (κ3) is 3.04. The highest BCUT2D eigenvalue weighted by Crippen LogP contribution is 2.38. The van der Waals surface area contributed by atoms with Gasteiger partial charge in [0.05, 0.1) is 11.0 Å². The lowest BCUT2D eigenvalue weighted by molar-refractivity contribution is -0.385. The Kier molecular flexibility index (Phi) is 4.41. The molecule has 0 aliphatic carbocycles. The minimum absolute atomic E-state index is 0.0135. The second kappa shape index (κ2) is 6.13. The molecule has 0 radical (unpaired) electrons. The van der Waals surface area contributed by atoms with E-state index < -0.39 is 28.2 Å². The van der Waals surface area contributed by atoms with Crippen LogP contribution in [0.1, 0.15) is 20.7 Å². The summed E-state index contributed by atoms with van der Waals surface area (Å²) in [6, 6.07) is 5.72. The number of nitrogens with zero attached hydrogens (tertiary/aromatic N) is 1. The standard InChI is InChI=1S/C14H9BrFN3O4/c15-9-4-6(19(22)23)5-10(16)12(9)11-7(13(17)20)2-1-3-8(11)14(18)21/h1-5H,(H2,17,20)(H2,18,21). The molecule has 0 unspecified atom stereocenters. The van der Waals surface area contributed by atoms with Crippen LogP contribution in [0.25, 0.3) is 11.1 Å². The molecule has 7 nitrogen and oxygen atoms in total. The highest BCUT2D eigenvalue weighted by atomic mass is 79.9.